The van der Waals surface area contributed by atoms with Crippen molar-refractivity contribution in [2.45, 2.75) is 25.2 Å². The molecule has 2 rings (SSSR count). The first-order chi connectivity index (χ1) is 8.35. The number of aliphatic hydroxyl groups is 1. The van der Waals surface area contributed by atoms with Crippen LogP contribution < -0.4 is 4.74 Å². The maximum atomic E-state index is 8.91. The first-order valence-corrected chi connectivity index (χ1v) is 6.20. The summed E-state index contributed by atoms with van der Waals surface area (Å²) in [5, 5.41) is 8.91. The summed E-state index contributed by atoms with van der Waals surface area (Å²) >= 11 is 0. The molecule has 1 heterocycles. The smallest absolute Gasteiger partial charge is 0.122 e. The minimum Gasteiger partial charge on any atom is -0.496 e. The van der Waals surface area contributed by atoms with Crippen LogP contribution in [0.2, 0.25) is 0 Å². The summed E-state index contributed by atoms with van der Waals surface area (Å²) in [6, 6.07) is 6.36. The summed E-state index contributed by atoms with van der Waals surface area (Å²) in [7, 11) is 1.69. The Morgan fingerprint density at radius 3 is 3.00 bits per heavy atom. The van der Waals surface area contributed by atoms with Gasteiger partial charge < -0.3 is 14.6 Å². The van der Waals surface area contributed by atoms with Crippen molar-refractivity contribution in [1.29, 1.82) is 0 Å². The zero-order valence-corrected chi connectivity index (χ0v) is 10.3. The Balaban J connectivity index is 2.17. The third kappa shape index (κ3) is 2.99. The first kappa shape index (κ1) is 12.4. The Bertz CT molecular complexity index is 356. The van der Waals surface area contributed by atoms with Gasteiger partial charge in [0.2, 0.25) is 0 Å². The van der Waals surface area contributed by atoms with E-state index in [9.17, 15) is 0 Å². The van der Waals surface area contributed by atoms with Crippen molar-refractivity contribution in [2.75, 3.05) is 26.9 Å². The zero-order chi connectivity index (χ0) is 12.1. The van der Waals surface area contributed by atoms with Gasteiger partial charge in [-0.2, -0.15) is 0 Å². The molecule has 3 heteroatoms. The van der Waals surface area contributed by atoms with Crippen LogP contribution in [-0.4, -0.2) is 32.0 Å². The van der Waals surface area contributed by atoms with E-state index in [0.717, 1.165) is 38.2 Å². The normalized spacial score (nSPS) is 19.5. The molecule has 0 radical (unpaired) electrons. The highest BCUT2D eigenvalue weighted by atomic mass is 16.5. The first-order valence-electron chi connectivity index (χ1n) is 6.20. The number of aliphatic hydroxyl groups excluding tert-OH is 1. The SMILES string of the molecule is COc1ccc(C2CCOC2)cc1CCCO. The number of methoxy groups -OCH3 is 1. The van der Waals surface area contributed by atoms with Gasteiger partial charge in [0.15, 0.2) is 0 Å². The van der Waals surface area contributed by atoms with Gasteiger partial charge in [-0.05, 0) is 36.5 Å². The zero-order valence-electron chi connectivity index (χ0n) is 10.3. The molecule has 0 aliphatic carbocycles. The van der Waals surface area contributed by atoms with E-state index in [2.05, 4.69) is 12.1 Å². The molecule has 1 N–H and O–H groups in total. The van der Waals surface area contributed by atoms with E-state index in [1.54, 1.807) is 7.11 Å². The monoisotopic (exact) mass is 236 g/mol. The van der Waals surface area contributed by atoms with E-state index in [4.69, 9.17) is 14.6 Å². The van der Waals surface area contributed by atoms with Gasteiger partial charge in [0.1, 0.15) is 5.75 Å². The Hall–Kier alpha value is -1.06. The van der Waals surface area contributed by atoms with E-state index in [1.807, 2.05) is 6.07 Å². The van der Waals surface area contributed by atoms with E-state index in [-0.39, 0.29) is 6.61 Å². The second-order valence-corrected chi connectivity index (χ2v) is 4.46. The Morgan fingerprint density at radius 2 is 2.35 bits per heavy atom. The number of benzene rings is 1. The number of ether oxygens (including phenoxy) is 2. The van der Waals surface area contributed by atoms with Crippen LogP contribution in [0.3, 0.4) is 0 Å². The van der Waals surface area contributed by atoms with Crippen molar-refractivity contribution in [3.8, 4) is 5.75 Å². The van der Waals surface area contributed by atoms with Crippen molar-refractivity contribution < 1.29 is 14.6 Å². The maximum absolute atomic E-state index is 8.91. The molecule has 1 fully saturated rings. The van der Waals surface area contributed by atoms with E-state index >= 15 is 0 Å². The standard InChI is InChI=1S/C14H20O3/c1-16-14-5-4-11(13-6-8-17-10-13)9-12(14)3-2-7-15/h4-5,9,13,15H,2-3,6-8,10H2,1H3. The van der Waals surface area contributed by atoms with Gasteiger partial charge in [-0.15, -0.1) is 0 Å². The van der Waals surface area contributed by atoms with Crippen LogP contribution in [0.5, 0.6) is 5.75 Å². The van der Waals surface area contributed by atoms with Gasteiger partial charge in [-0.1, -0.05) is 12.1 Å². The van der Waals surface area contributed by atoms with Crippen LogP contribution in [-0.2, 0) is 11.2 Å². The van der Waals surface area contributed by atoms with Crippen LogP contribution in [0, 0.1) is 0 Å². The number of hydrogen-bond acceptors (Lipinski definition) is 3. The van der Waals surface area contributed by atoms with Gasteiger partial charge >= 0.3 is 0 Å². The minimum absolute atomic E-state index is 0.222. The highest BCUT2D eigenvalue weighted by molar-refractivity contribution is 5.39. The molecule has 1 aromatic carbocycles. The lowest BCUT2D eigenvalue weighted by Gasteiger charge is -2.13. The number of aryl methyl sites for hydroxylation is 1. The molecule has 1 atom stereocenters. The van der Waals surface area contributed by atoms with Crippen LogP contribution in [0.4, 0.5) is 0 Å². The summed E-state index contributed by atoms with van der Waals surface area (Å²) in [4.78, 5) is 0. The predicted octanol–water partition coefficient (Wildman–Crippen LogP) is 2.12. The van der Waals surface area contributed by atoms with Gasteiger partial charge in [-0.3, -0.25) is 0 Å². The lowest BCUT2D eigenvalue weighted by atomic mass is 9.95. The average molecular weight is 236 g/mol. The third-order valence-electron chi connectivity index (χ3n) is 3.31. The molecular formula is C14H20O3. The highest BCUT2D eigenvalue weighted by Gasteiger charge is 2.18. The molecule has 3 nitrogen and oxygen atoms in total. The molecule has 0 aromatic heterocycles. The van der Waals surface area contributed by atoms with Gasteiger partial charge in [0, 0.05) is 19.1 Å². The van der Waals surface area contributed by atoms with Crippen molar-refractivity contribution in [3.63, 3.8) is 0 Å². The fraction of sp³-hybridized carbons (Fsp3) is 0.571. The van der Waals surface area contributed by atoms with Crippen molar-refractivity contribution >= 4 is 0 Å². The molecule has 1 unspecified atom stereocenters. The molecule has 0 saturated carbocycles. The molecule has 0 bridgehead atoms. The summed E-state index contributed by atoms with van der Waals surface area (Å²) < 4.78 is 10.8. The van der Waals surface area contributed by atoms with Gasteiger partial charge in [-0.25, -0.2) is 0 Å². The molecule has 1 aliphatic heterocycles. The topological polar surface area (TPSA) is 38.7 Å². The van der Waals surface area contributed by atoms with Crippen LogP contribution in [0.1, 0.15) is 29.9 Å². The highest BCUT2D eigenvalue weighted by Crippen LogP contribution is 2.29. The van der Waals surface area contributed by atoms with Crippen molar-refractivity contribution in [3.05, 3.63) is 29.3 Å². The van der Waals surface area contributed by atoms with Crippen molar-refractivity contribution in [1.82, 2.24) is 0 Å². The second-order valence-electron chi connectivity index (χ2n) is 4.46. The predicted molar refractivity (Wildman–Crippen MR) is 66.6 cm³/mol. The van der Waals surface area contributed by atoms with Crippen molar-refractivity contribution in [2.24, 2.45) is 0 Å². The van der Waals surface area contributed by atoms with Crippen LogP contribution in [0.15, 0.2) is 18.2 Å². The molecule has 0 spiro atoms. The number of hydrogen-bond donors (Lipinski definition) is 1. The van der Waals surface area contributed by atoms with E-state index in [0.29, 0.717) is 5.92 Å². The average Bonchev–Trinajstić information content (AvgIpc) is 2.89. The van der Waals surface area contributed by atoms with Crippen LogP contribution >= 0.6 is 0 Å². The molecule has 17 heavy (non-hydrogen) atoms. The second kappa shape index (κ2) is 6.03. The minimum atomic E-state index is 0.222. The van der Waals surface area contributed by atoms with Crippen LogP contribution in [0.25, 0.3) is 0 Å². The fourth-order valence-electron chi connectivity index (χ4n) is 2.31. The summed E-state index contributed by atoms with van der Waals surface area (Å²) in [6.45, 7) is 1.91. The van der Waals surface area contributed by atoms with E-state index in [1.165, 1.54) is 11.1 Å². The molecule has 0 amide bonds. The lowest BCUT2D eigenvalue weighted by molar-refractivity contribution is 0.194. The molecule has 1 aliphatic rings. The molecule has 1 aromatic rings. The number of rotatable bonds is 5. The summed E-state index contributed by atoms with van der Waals surface area (Å²) in [5.74, 6) is 1.44. The van der Waals surface area contributed by atoms with Gasteiger partial charge in [0.05, 0.1) is 13.7 Å². The molecular weight excluding hydrogens is 216 g/mol. The Morgan fingerprint density at radius 1 is 1.47 bits per heavy atom. The summed E-state index contributed by atoms with van der Waals surface area (Å²) in [5.41, 5.74) is 2.52. The Labute approximate surface area is 102 Å². The largest absolute Gasteiger partial charge is 0.496 e. The summed E-state index contributed by atoms with van der Waals surface area (Å²) in [6.07, 6.45) is 2.74. The Kier molecular flexibility index (Phi) is 4.40. The van der Waals surface area contributed by atoms with E-state index < -0.39 is 0 Å². The lowest BCUT2D eigenvalue weighted by Crippen LogP contribution is -2.01. The quantitative estimate of drug-likeness (QED) is 0.851. The fourth-order valence-corrected chi connectivity index (χ4v) is 2.31. The third-order valence-corrected chi connectivity index (χ3v) is 3.31. The molecule has 1 saturated heterocycles. The molecule has 94 valence electrons. The van der Waals surface area contributed by atoms with Gasteiger partial charge in [0.25, 0.3) is 0 Å². The maximum Gasteiger partial charge on any atom is 0.122 e.